The van der Waals surface area contributed by atoms with E-state index >= 15 is 0 Å². The number of aryl methyl sites for hydroxylation is 1. The Morgan fingerprint density at radius 1 is 1.30 bits per heavy atom. The molecule has 1 fully saturated rings. The lowest BCUT2D eigenvalue weighted by Gasteiger charge is -2.35. The molecule has 6 nitrogen and oxygen atoms in total. The molecule has 0 aliphatic carbocycles. The van der Waals surface area contributed by atoms with Crippen LogP contribution in [0.15, 0.2) is 24.3 Å². The Morgan fingerprint density at radius 2 is 2.00 bits per heavy atom. The second-order valence-electron chi connectivity index (χ2n) is 7.91. The van der Waals surface area contributed by atoms with E-state index in [1.807, 2.05) is 6.92 Å². The Balaban J connectivity index is 1.56. The first-order valence-electron chi connectivity index (χ1n) is 10.4. The van der Waals surface area contributed by atoms with Crippen molar-refractivity contribution in [3.8, 4) is 5.75 Å². The minimum Gasteiger partial charge on any atom is -0.486 e. The number of rotatable bonds is 9. The minimum atomic E-state index is -0.306. The largest absolute Gasteiger partial charge is 0.486 e. The maximum Gasteiger partial charge on any atom is 0.263 e. The van der Waals surface area contributed by atoms with Gasteiger partial charge in [0.2, 0.25) is 0 Å². The second kappa shape index (κ2) is 10.8. The summed E-state index contributed by atoms with van der Waals surface area (Å²) in [6.07, 6.45) is 1.03. The number of aromatic nitrogens is 1. The Bertz CT molecular complexity index is 820. The van der Waals surface area contributed by atoms with Gasteiger partial charge in [0.1, 0.15) is 28.1 Å². The van der Waals surface area contributed by atoms with Crippen molar-refractivity contribution in [1.29, 1.82) is 0 Å². The highest BCUT2D eigenvalue weighted by atomic mass is 32.1. The molecule has 3 rings (SSSR count). The fourth-order valence-electron chi connectivity index (χ4n) is 3.54. The highest BCUT2D eigenvalue weighted by Gasteiger charge is 2.23. The third kappa shape index (κ3) is 6.48. The lowest BCUT2D eigenvalue weighted by Crippen LogP contribution is -2.49. The number of ether oxygens (including phenoxy) is 2. The van der Waals surface area contributed by atoms with Crippen LogP contribution in [0.25, 0.3) is 0 Å². The highest BCUT2D eigenvalue weighted by Crippen LogP contribution is 2.21. The number of thiazole rings is 1. The average Bonchev–Trinajstić information content (AvgIpc) is 3.11. The fourth-order valence-corrected chi connectivity index (χ4v) is 4.43. The molecule has 0 bridgehead atoms. The van der Waals surface area contributed by atoms with Gasteiger partial charge >= 0.3 is 0 Å². The second-order valence-corrected chi connectivity index (χ2v) is 8.99. The molecular weight excluding hydrogens is 405 g/mol. The predicted octanol–water partition coefficient (Wildman–Crippen LogP) is 3.65. The molecule has 1 unspecified atom stereocenters. The summed E-state index contributed by atoms with van der Waals surface area (Å²) < 4.78 is 24.1. The normalized spacial score (nSPS) is 15.9. The van der Waals surface area contributed by atoms with E-state index in [1.165, 1.54) is 23.5 Å². The van der Waals surface area contributed by atoms with Crippen LogP contribution in [0.2, 0.25) is 0 Å². The van der Waals surface area contributed by atoms with Gasteiger partial charge in [0.05, 0.1) is 18.9 Å². The van der Waals surface area contributed by atoms with E-state index in [9.17, 15) is 9.18 Å². The van der Waals surface area contributed by atoms with Crippen molar-refractivity contribution in [2.45, 2.75) is 39.8 Å². The number of benzene rings is 1. The van der Waals surface area contributed by atoms with Crippen molar-refractivity contribution in [3.05, 3.63) is 45.7 Å². The minimum absolute atomic E-state index is 0.0972. The van der Waals surface area contributed by atoms with E-state index in [1.54, 1.807) is 12.1 Å². The van der Waals surface area contributed by atoms with Crippen LogP contribution < -0.4 is 10.1 Å². The molecule has 1 aromatic carbocycles. The third-order valence-electron chi connectivity index (χ3n) is 5.03. The van der Waals surface area contributed by atoms with Crippen LogP contribution in [0.1, 0.15) is 40.6 Å². The zero-order valence-electron chi connectivity index (χ0n) is 17.8. The lowest BCUT2D eigenvalue weighted by atomic mass is 10.0. The molecule has 1 N–H and O–H groups in total. The van der Waals surface area contributed by atoms with Gasteiger partial charge < -0.3 is 14.8 Å². The van der Waals surface area contributed by atoms with Crippen molar-refractivity contribution >= 4 is 17.2 Å². The van der Waals surface area contributed by atoms with Gasteiger partial charge in [-0.3, -0.25) is 9.69 Å². The summed E-state index contributed by atoms with van der Waals surface area (Å²) in [6, 6.07) is 6.15. The smallest absolute Gasteiger partial charge is 0.263 e. The van der Waals surface area contributed by atoms with Gasteiger partial charge in [-0.2, -0.15) is 0 Å². The number of carbonyl (C=O) groups is 1. The van der Waals surface area contributed by atoms with E-state index in [2.05, 4.69) is 29.0 Å². The molecule has 1 aliphatic heterocycles. The Labute approximate surface area is 181 Å². The molecule has 8 heteroatoms. The van der Waals surface area contributed by atoms with E-state index in [0.717, 1.165) is 32.7 Å². The van der Waals surface area contributed by atoms with Gasteiger partial charge in [-0.05, 0) is 43.5 Å². The zero-order chi connectivity index (χ0) is 21.5. The number of nitrogens with one attached hydrogen (secondary N) is 1. The SMILES string of the molecule is Cc1nc(COc2ccc(F)cc2)sc1C(=O)NCC(CC(C)C)N1CCOCC1. The summed E-state index contributed by atoms with van der Waals surface area (Å²) >= 11 is 1.34. The Kier molecular flexibility index (Phi) is 8.18. The zero-order valence-corrected chi connectivity index (χ0v) is 18.6. The first kappa shape index (κ1) is 22.7. The van der Waals surface area contributed by atoms with Gasteiger partial charge in [0.15, 0.2) is 0 Å². The van der Waals surface area contributed by atoms with Gasteiger partial charge in [0, 0.05) is 25.7 Å². The number of halogens is 1. The lowest BCUT2D eigenvalue weighted by molar-refractivity contribution is 0.0125. The van der Waals surface area contributed by atoms with Crippen LogP contribution >= 0.6 is 11.3 Å². The number of hydrogen-bond acceptors (Lipinski definition) is 6. The molecule has 0 radical (unpaired) electrons. The summed E-state index contributed by atoms with van der Waals surface area (Å²) in [5, 5.41) is 3.82. The number of nitrogens with zero attached hydrogens (tertiary/aromatic N) is 2. The molecule has 1 aliphatic rings. The summed E-state index contributed by atoms with van der Waals surface area (Å²) in [5.41, 5.74) is 0.696. The predicted molar refractivity (Wildman–Crippen MR) is 116 cm³/mol. The highest BCUT2D eigenvalue weighted by molar-refractivity contribution is 7.13. The molecule has 2 heterocycles. The van der Waals surface area contributed by atoms with Crippen LogP contribution in [-0.2, 0) is 11.3 Å². The summed E-state index contributed by atoms with van der Waals surface area (Å²) in [6.45, 7) is 10.4. The Hall–Kier alpha value is -2.03. The van der Waals surface area contributed by atoms with Crippen LogP contribution in [0.3, 0.4) is 0 Å². The van der Waals surface area contributed by atoms with Crippen LogP contribution in [0.4, 0.5) is 4.39 Å². The summed E-state index contributed by atoms with van der Waals surface area (Å²) in [5.74, 6) is 0.715. The van der Waals surface area contributed by atoms with Gasteiger partial charge in [-0.1, -0.05) is 13.8 Å². The maximum absolute atomic E-state index is 13.0. The molecule has 164 valence electrons. The fraction of sp³-hybridized carbons (Fsp3) is 0.545. The van der Waals surface area contributed by atoms with Crippen molar-refractivity contribution < 1.29 is 18.7 Å². The van der Waals surface area contributed by atoms with Crippen LogP contribution in [0.5, 0.6) is 5.75 Å². The first-order chi connectivity index (χ1) is 14.4. The monoisotopic (exact) mass is 435 g/mol. The van der Waals surface area contributed by atoms with Crippen molar-refractivity contribution in [1.82, 2.24) is 15.2 Å². The molecule has 1 aromatic heterocycles. The van der Waals surface area contributed by atoms with Crippen molar-refractivity contribution in [2.24, 2.45) is 5.92 Å². The van der Waals surface area contributed by atoms with Gasteiger partial charge in [-0.25, -0.2) is 9.37 Å². The molecule has 0 spiro atoms. The van der Waals surface area contributed by atoms with E-state index in [0.29, 0.717) is 39.8 Å². The number of carbonyl (C=O) groups excluding carboxylic acids is 1. The maximum atomic E-state index is 13.0. The molecule has 2 aromatic rings. The van der Waals surface area contributed by atoms with Crippen molar-refractivity contribution in [2.75, 3.05) is 32.8 Å². The quantitative estimate of drug-likeness (QED) is 0.652. The molecule has 30 heavy (non-hydrogen) atoms. The topological polar surface area (TPSA) is 63.7 Å². The summed E-state index contributed by atoms with van der Waals surface area (Å²) in [7, 11) is 0. The molecule has 1 atom stereocenters. The standard InChI is InChI=1S/C22H30FN3O3S/c1-15(2)12-18(26-8-10-28-11-9-26)13-24-22(27)21-16(3)25-20(30-21)14-29-19-6-4-17(23)5-7-19/h4-7,15,18H,8-14H2,1-3H3,(H,24,27). The third-order valence-corrected chi connectivity index (χ3v) is 6.16. The first-order valence-corrected chi connectivity index (χ1v) is 11.2. The van der Waals surface area contributed by atoms with Crippen LogP contribution in [0, 0.1) is 18.7 Å². The molecule has 0 saturated carbocycles. The molecule has 1 saturated heterocycles. The van der Waals surface area contributed by atoms with Crippen LogP contribution in [-0.4, -0.2) is 54.7 Å². The number of amides is 1. The number of morpholine rings is 1. The molecular formula is C22H30FN3O3S. The average molecular weight is 436 g/mol. The summed E-state index contributed by atoms with van der Waals surface area (Å²) in [4.78, 5) is 20.3. The van der Waals surface area contributed by atoms with Gasteiger partial charge in [0.25, 0.3) is 5.91 Å². The van der Waals surface area contributed by atoms with Crippen molar-refractivity contribution in [3.63, 3.8) is 0 Å². The van der Waals surface area contributed by atoms with Gasteiger partial charge in [-0.15, -0.1) is 11.3 Å². The molecule has 1 amide bonds. The Morgan fingerprint density at radius 3 is 2.67 bits per heavy atom. The van der Waals surface area contributed by atoms with E-state index in [4.69, 9.17) is 9.47 Å². The van der Waals surface area contributed by atoms with E-state index in [-0.39, 0.29) is 18.3 Å². The van der Waals surface area contributed by atoms with E-state index < -0.39 is 0 Å². The number of hydrogen-bond donors (Lipinski definition) is 1.